The Bertz CT molecular complexity index is 1170. The number of hydrogen-bond donors (Lipinski definition) is 0. The second kappa shape index (κ2) is 6.36. The largest absolute Gasteiger partial charge is 0.302 e. The minimum atomic E-state index is -0.604. The van der Waals surface area contributed by atoms with Crippen molar-refractivity contribution in [2.75, 3.05) is 0 Å². The molecule has 142 valence electrons. The fourth-order valence-electron chi connectivity index (χ4n) is 4.10. The van der Waals surface area contributed by atoms with Crippen LogP contribution in [0.4, 0.5) is 0 Å². The summed E-state index contributed by atoms with van der Waals surface area (Å²) in [5.41, 5.74) is 0.778. The monoisotopic (exact) mass is 498 g/mol. The highest BCUT2D eigenvalue weighted by Crippen LogP contribution is 2.46. The number of benzene rings is 4. The Morgan fingerprint density at radius 1 is 0.643 bits per heavy atom. The summed E-state index contributed by atoms with van der Waals surface area (Å²) in [6, 6.07) is 12.5. The highest BCUT2D eigenvalue weighted by atomic mass is 79.9. The van der Waals surface area contributed by atoms with Gasteiger partial charge in [0.15, 0.2) is 0 Å². The van der Waals surface area contributed by atoms with Gasteiger partial charge >= 0.3 is 0 Å². The Labute approximate surface area is 180 Å². The molecule has 0 radical (unpaired) electrons. The number of aldehydes is 2. The minimum absolute atomic E-state index is 0.604. The van der Waals surface area contributed by atoms with Gasteiger partial charge in [-0.3, -0.25) is 0 Å². The van der Waals surface area contributed by atoms with Gasteiger partial charge in [-0.1, -0.05) is 56.1 Å². The van der Waals surface area contributed by atoms with E-state index < -0.39 is 10.8 Å². The lowest BCUT2D eigenvalue weighted by Crippen LogP contribution is -2.20. The van der Waals surface area contributed by atoms with E-state index in [0.29, 0.717) is 0 Å². The molecule has 0 aliphatic carbocycles. The van der Waals surface area contributed by atoms with E-state index in [2.05, 4.69) is 68.3 Å². The van der Waals surface area contributed by atoms with Crippen LogP contribution in [-0.2, 0) is 20.4 Å². The molecule has 4 heteroatoms. The molecule has 0 aliphatic rings. The standard InChI is InChI=1S/C24H20Br2O2/c1-23(2,11-27)17-9-19(25)15-8-6-14-18(24(3,4)12-28)10-20(26)16-7-5-13(17)21(15)22(14)16/h5-12H,1-4H3. The van der Waals surface area contributed by atoms with Gasteiger partial charge in [0.25, 0.3) is 0 Å². The van der Waals surface area contributed by atoms with E-state index in [1.165, 1.54) is 0 Å². The molecule has 4 rings (SSSR count). The van der Waals surface area contributed by atoms with E-state index in [4.69, 9.17) is 0 Å². The molecule has 2 nitrogen and oxygen atoms in total. The van der Waals surface area contributed by atoms with Crippen LogP contribution in [0.2, 0.25) is 0 Å². The van der Waals surface area contributed by atoms with Crippen LogP contribution >= 0.6 is 31.9 Å². The van der Waals surface area contributed by atoms with Crippen molar-refractivity contribution in [2.45, 2.75) is 38.5 Å². The van der Waals surface area contributed by atoms with Crippen molar-refractivity contribution in [2.24, 2.45) is 0 Å². The highest BCUT2D eigenvalue weighted by molar-refractivity contribution is 9.11. The molecule has 0 N–H and O–H groups in total. The Morgan fingerprint density at radius 3 is 1.29 bits per heavy atom. The van der Waals surface area contributed by atoms with Gasteiger partial charge < -0.3 is 9.59 Å². The van der Waals surface area contributed by atoms with Gasteiger partial charge in [0.1, 0.15) is 12.6 Å². The van der Waals surface area contributed by atoms with Gasteiger partial charge in [0, 0.05) is 19.8 Å². The minimum Gasteiger partial charge on any atom is -0.302 e. The molecule has 4 aromatic rings. The lowest BCUT2D eigenvalue weighted by molar-refractivity contribution is -0.112. The van der Waals surface area contributed by atoms with Crippen molar-refractivity contribution in [3.8, 4) is 0 Å². The normalized spacial score (nSPS) is 12.9. The topological polar surface area (TPSA) is 34.1 Å². The summed E-state index contributed by atoms with van der Waals surface area (Å²) in [5, 5.41) is 6.60. The average Bonchev–Trinajstić information content (AvgIpc) is 2.68. The molecule has 0 saturated heterocycles. The van der Waals surface area contributed by atoms with Crippen molar-refractivity contribution in [1.82, 2.24) is 0 Å². The van der Waals surface area contributed by atoms with Crippen molar-refractivity contribution >= 4 is 76.7 Å². The molecule has 4 aromatic carbocycles. The van der Waals surface area contributed by atoms with Crippen LogP contribution in [0.1, 0.15) is 38.8 Å². The van der Waals surface area contributed by atoms with E-state index in [1.54, 1.807) is 0 Å². The second-order valence-electron chi connectivity index (χ2n) is 8.56. The van der Waals surface area contributed by atoms with E-state index in [9.17, 15) is 9.59 Å². The third kappa shape index (κ3) is 2.65. The van der Waals surface area contributed by atoms with Crippen LogP contribution in [0.15, 0.2) is 45.3 Å². The molecule has 0 aromatic heterocycles. The number of halogens is 2. The fourth-order valence-corrected chi connectivity index (χ4v) is 5.22. The maximum atomic E-state index is 11.8. The van der Waals surface area contributed by atoms with Crippen molar-refractivity contribution in [3.05, 3.63) is 56.5 Å². The molecule has 0 bridgehead atoms. The zero-order valence-electron chi connectivity index (χ0n) is 16.2. The number of carbonyl (C=O) groups is 2. The summed E-state index contributed by atoms with van der Waals surface area (Å²) in [6.45, 7) is 7.76. The lowest BCUT2D eigenvalue weighted by atomic mass is 9.78. The first-order chi connectivity index (χ1) is 13.1. The Kier molecular flexibility index (Phi) is 4.44. The molecular formula is C24H20Br2O2. The van der Waals surface area contributed by atoms with E-state index in [0.717, 1.165) is 65.0 Å². The van der Waals surface area contributed by atoms with Crippen molar-refractivity contribution in [1.29, 1.82) is 0 Å². The van der Waals surface area contributed by atoms with E-state index in [-0.39, 0.29) is 0 Å². The van der Waals surface area contributed by atoms with Gasteiger partial charge in [-0.05, 0) is 83.3 Å². The van der Waals surface area contributed by atoms with Crippen LogP contribution < -0.4 is 0 Å². The van der Waals surface area contributed by atoms with E-state index >= 15 is 0 Å². The lowest BCUT2D eigenvalue weighted by Gasteiger charge is -2.26. The third-order valence-electron chi connectivity index (χ3n) is 5.78. The SMILES string of the molecule is CC(C)(C=O)c1cc(Br)c2ccc3c(C(C)(C)C=O)cc(Br)c4ccc1c2c43. The van der Waals surface area contributed by atoms with Gasteiger partial charge in [0.05, 0.1) is 0 Å². The summed E-state index contributed by atoms with van der Waals surface area (Å²) in [6.07, 6.45) is 2.00. The Hall–Kier alpha value is -1.78. The fraction of sp³-hybridized carbons (Fsp3) is 0.250. The summed E-state index contributed by atoms with van der Waals surface area (Å²) < 4.78 is 1.94. The third-order valence-corrected chi connectivity index (χ3v) is 7.09. The second-order valence-corrected chi connectivity index (χ2v) is 10.3. The first-order valence-electron chi connectivity index (χ1n) is 9.15. The Balaban J connectivity index is 2.31. The molecular weight excluding hydrogens is 480 g/mol. The molecule has 28 heavy (non-hydrogen) atoms. The summed E-state index contributed by atoms with van der Waals surface area (Å²) >= 11 is 7.44. The number of rotatable bonds is 4. The molecule has 0 unspecified atom stereocenters. The first kappa shape index (κ1) is 19.5. The molecule has 0 atom stereocenters. The van der Waals surface area contributed by atoms with E-state index in [1.807, 2.05) is 27.7 Å². The van der Waals surface area contributed by atoms with Crippen LogP contribution in [0, 0.1) is 0 Å². The first-order valence-corrected chi connectivity index (χ1v) is 10.7. The van der Waals surface area contributed by atoms with Crippen molar-refractivity contribution < 1.29 is 9.59 Å². The summed E-state index contributed by atoms with van der Waals surface area (Å²) in [7, 11) is 0. The average molecular weight is 500 g/mol. The van der Waals surface area contributed by atoms with Crippen LogP contribution in [-0.4, -0.2) is 12.6 Å². The summed E-state index contributed by atoms with van der Waals surface area (Å²) in [5.74, 6) is 0. The molecule has 0 heterocycles. The van der Waals surface area contributed by atoms with Gasteiger partial charge in [-0.2, -0.15) is 0 Å². The number of hydrogen-bond acceptors (Lipinski definition) is 2. The van der Waals surface area contributed by atoms with Crippen LogP contribution in [0.5, 0.6) is 0 Å². The zero-order chi connectivity index (χ0) is 20.4. The molecule has 0 aliphatic heterocycles. The molecule has 0 amide bonds. The molecule has 0 fully saturated rings. The van der Waals surface area contributed by atoms with Crippen LogP contribution in [0.25, 0.3) is 32.3 Å². The smallest absolute Gasteiger partial charge is 0.129 e. The van der Waals surface area contributed by atoms with Gasteiger partial charge in [-0.15, -0.1) is 0 Å². The highest BCUT2D eigenvalue weighted by Gasteiger charge is 2.28. The molecule has 0 spiro atoms. The van der Waals surface area contributed by atoms with Crippen molar-refractivity contribution in [3.63, 3.8) is 0 Å². The zero-order valence-corrected chi connectivity index (χ0v) is 19.4. The van der Waals surface area contributed by atoms with Gasteiger partial charge in [-0.25, -0.2) is 0 Å². The maximum absolute atomic E-state index is 11.8. The van der Waals surface area contributed by atoms with Gasteiger partial charge in [0.2, 0.25) is 0 Å². The summed E-state index contributed by atoms with van der Waals surface area (Å²) in [4.78, 5) is 23.6. The van der Waals surface area contributed by atoms with Crippen LogP contribution in [0.3, 0.4) is 0 Å². The maximum Gasteiger partial charge on any atom is 0.129 e. The number of carbonyl (C=O) groups excluding carboxylic acids is 2. The predicted octanol–water partition coefficient (Wildman–Crippen LogP) is 7.06. The predicted molar refractivity (Wildman–Crippen MR) is 124 cm³/mol. The quantitative estimate of drug-likeness (QED) is 0.222. The Morgan fingerprint density at radius 2 is 0.964 bits per heavy atom. The molecule has 0 saturated carbocycles.